The maximum atomic E-state index is 5.65. The van der Waals surface area contributed by atoms with Crippen LogP contribution in [-0.2, 0) is 4.74 Å². The average Bonchev–Trinajstić information content (AvgIpc) is 2.54. The molecule has 0 aromatic carbocycles. The quantitative estimate of drug-likeness (QED) is 0.633. The fraction of sp³-hybridized carbons (Fsp3) is 0.889. The van der Waals surface area contributed by atoms with Crippen LogP contribution in [0.1, 0.15) is 25.7 Å². The molecule has 1 saturated heterocycles. The first-order valence-corrected chi connectivity index (χ1v) is 4.76. The molecule has 0 radical (unpaired) electrons. The fourth-order valence-electron chi connectivity index (χ4n) is 2.08. The Kier molecular flexibility index (Phi) is 2.30. The number of nitrogens with zero attached hydrogens (tertiary/aromatic N) is 1. The Hall–Kier alpha value is -0.570. The van der Waals surface area contributed by atoms with Gasteiger partial charge in [0.2, 0.25) is 0 Å². The molecule has 12 heavy (non-hydrogen) atoms. The van der Waals surface area contributed by atoms with Gasteiger partial charge in [-0.2, -0.15) is 0 Å². The van der Waals surface area contributed by atoms with E-state index in [2.05, 4.69) is 4.99 Å². The molecular formula is C9H16N2O. The molecule has 68 valence electrons. The highest BCUT2D eigenvalue weighted by atomic mass is 16.5. The SMILES string of the molecule is NC1=NC(C2CCOCC2)CC1. The van der Waals surface area contributed by atoms with E-state index >= 15 is 0 Å². The molecule has 3 nitrogen and oxygen atoms in total. The van der Waals surface area contributed by atoms with Crippen molar-refractivity contribution in [3.05, 3.63) is 0 Å². The average molecular weight is 168 g/mol. The van der Waals surface area contributed by atoms with Crippen LogP contribution in [0.25, 0.3) is 0 Å². The van der Waals surface area contributed by atoms with Crippen LogP contribution in [-0.4, -0.2) is 25.1 Å². The summed E-state index contributed by atoms with van der Waals surface area (Å²) < 4.78 is 5.31. The Labute approximate surface area is 73.0 Å². The predicted octanol–water partition coefficient (Wildman–Crippen LogP) is 0.933. The molecule has 0 bridgehead atoms. The molecule has 2 aliphatic heterocycles. The molecule has 2 rings (SSSR count). The maximum Gasteiger partial charge on any atom is 0.0941 e. The molecule has 0 aromatic heterocycles. The molecule has 0 amide bonds. The lowest BCUT2D eigenvalue weighted by Gasteiger charge is -2.25. The van der Waals surface area contributed by atoms with Crippen molar-refractivity contribution in [1.29, 1.82) is 0 Å². The molecule has 2 aliphatic rings. The van der Waals surface area contributed by atoms with Crippen LogP contribution in [0.2, 0.25) is 0 Å². The highest BCUT2D eigenvalue weighted by molar-refractivity contribution is 5.82. The van der Waals surface area contributed by atoms with Gasteiger partial charge in [0, 0.05) is 19.6 Å². The summed E-state index contributed by atoms with van der Waals surface area (Å²) in [6.45, 7) is 1.83. The molecule has 0 aliphatic carbocycles. The zero-order chi connectivity index (χ0) is 8.39. The number of rotatable bonds is 1. The predicted molar refractivity (Wildman–Crippen MR) is 48.2 cm³/mol. The molecule has 0 spiro atoms. The first-order chi connectivity index (χ1) is 5.86. The summed E-state index contributed by atoms with van der Waals surface area (Å²) in [6, 6.07) is 0.508. The summed E-state index contributed by atoms with van der Waals surface area (Å²) in [5.74, 6) is 1.59. The van der Waals surface area contributed by atoms with E-state index < -0.39 is 0 Å². The second-order valence-electron chi connectivity index (χ2n) is 3.68. The van der Waals surface area contributed by atoms with Gasteiger partial charge < -0.3 is 10.5 Å². The van der Waals surface area contributed by atoms with Gasteiger partial charge in [0.1, 0.15) is 0 Å². The van der Waals surface area contributed by atoms with Crippen molar-refractivity contribution < 1.29 is 4.74 Å². The monoisotopic (exact) mass is 168 g/mol. The molecule has 2 heterocycles. The summed E-state index contributed by atoms with van der Waals surface area (Å²) in [7, 11) is 0. The van der Waals surface area contributed by atoms with Crippen molar-refractivity contribution in [2.45, 2.75) is 31.7 Å². The van der Waals surface area contributed by atoms with Crippen LogP contribution in [0.15, 0.2) is 4.99 Å². The van der Waals surface area contributed by atoms with Crippen LogP contribution in [0.5, 0.6) is 0 Å². The zero-order valence-electron chi connectivity index (χ0n) is 7.33. The van der Waals surface area contributed by atoms with Gasteiger partial charge in [0.05, 0.1) is 11.9 Å². The summed E-state index contributed by atoms with van der Waals surface area (Å²) >= 11 is 0. The highest BCUT2D eigenvalue weighted by Gasteiger charge is 2.26. The molecule has 0 saturated carbocycles. The summed E-state index contributed by atoms with van der Waals surface area (Å²) in [6.07, 6.45) is 4.50. The van der Waals surface area contributed by atoms with E-state index in [9.17, 15) is 0 Å². The van der Waals surface area contributed by atoms with Crippen molar-refractivity contribution in [2.75, 3.05) is 13.2 Å². The number of nitrogens with two attached hydrogens (primary N) is 1. The lowest BCUT2D eigenvalue weighted by Crippen LogP contribution is -2.24. The molecule has 0 aromatic rings. The summed E-state index contributed by atoms with van der Waals surface area (Å²) in [5.41, 5.74) is 5.65. The van der Waals surface area contributed by atoms with E-state index in [-0.39, 0.29) is 0 Å². The minimum Gasteiger partial charge on any atom is -0.387 e. The lowest BCUT2D eigenvalue weighted by atomic mass is 9.91. The van der Waals surface area contributed by atoms with E-state index in [1.807, 2.05) is 0 Å². The Bertz CT molecular complexity index is 185. The standard InChI is InChI=1S/C9H16N2O/c10-9-2-1-8(11-9)7-3-5-12-6-4-7/h7-8H,1-6H2,(H2,10,11). The molecule has 3 heteroatoms. The van der Waals surface area contributed by atoms with Crippen molar-refractivity contribution >= 4 is 5.84 Å². The topological polar surface area (TPSA) is 47.6 Å². The maximum absolute atomic E-state index is 5.65. The zero-order valence-corrected chi connectivity index (χ0v) is 7.33. The smallest absolute Gasteiger partial charge is 0.0941 e. The van der Waals surface area contributed by atoms with Gasteiger partial charge in [-0.1, -0.05) is 0 Å². The Morgan fingerprint density at radius 3 is 2.58 bits per heavy atom. The Morgan fingerprint density at radius 1 is 1.25 bits per heavy atom. The fourth-order valence-corrected chi connectivity index (χ4v) is 2.08. The van der Waals surface area contributed by atoms with Crippen molar-refractivity contribution in [1.82, 2.24) is 0 Å². The number of aliphatic imine (C=N–C) groups is 1. The van der Waals surface area contributed by atoms with Gasteiger partial charge in [-0.3, -0.25) is 4.99 Å². The first-order valence-electron chi connectivity index (χ1n) is 4.76. The normalized spacial score (nSPS) is 32.0. The number of amidine groups is 1. The van der Waals surface area contributed by atoms with Gasteiger partial charge in [0.25, 0.3) is 0 Å². The molecule has 1 fully saturated rings. The first kappa shape index (κ1) is 8.05. The summed E-state index contributed by atoms with van der Waals surface area (Å²) in [4.78, 5) is 4.45. The van der Waals surface area contributed by atoms with E-state index in [4.69, 9.17) is 10.5 Å². The summed E-state index contributed by atoms with van der Waals surface area (Å²) in [5, 5.41) is 0. The minimum atomic E-state index is 0.508. The van der Waals surface area contributed by atoms with Gasteiger partial charge in [-0.25, -0.2) is 0 Å². The highest BCUT2D eigenvalue weighted by Crippen LogP contribution is 2.27. The second kappa shape index (κ2) is 3.44. The third kappa shape index (κ3) is 1.61. The number of hydrogen-bond donors (Lipinski definition) is 1. The van der Waals surface area contributed by atoms with E-state index in [1.165, 1.54) is 12.8 Å². The van der Waals surface area contributed by atoms with Gasteiger partial charge in [0.15, 0.2) is 0 Å². The van der Waals surface area contributed by atoms with Crippen LogP contribution in [0, 0.1) is 5.92 Å². The molecule has 1 unspecified atom stereocenters. The molecule has 1 atom stereocenters. The minimum absolute atomic E-state index is 0.508. The van der Waals surface area contributed by atoms with Crippen LogP contribution >= 0.6 is 0 Å². The van der Waals surface area contributed by atoms with Crippen LogP contribution in [0.4, 0.5) is 0 Å². The third-order valence-electron chi connectivity index (χ3n) is 2.84. The Morgan fingerprint density at radius 2 is 2.00 bits per heavy atom. The Balaban J connectivity index is 1.91. The van der Waals surface area contributed by atoms with E-state index in [0.717, 1.165) is 37.8 Å². The van der Waals surface area contributed by atoms with Crippen LogP contribution < -0.4 is 5.73 Å². The van der Waals surface area contributed by atoms with Gasteiger partial charge >= 0.3 is 0 Å². The van der Waals surface area contributed by atoms with Crippen LogP contribution in [0.3, 0.4) is 0 Å². The second-order valence-corrected chi connectivity index (χ2v) is 3.68. The van der Waals surface area contributed by atoms with Crippen molar-refractivity contribution in [3.63, 3.8) is 0 Å². The van der Waals surface area contributed by atoms with E-state index in [1.54, 1.807) is 0 Å². The third-order valence-corrected chi connectivity index (χ3v) is 2.84. The van der Waals surface area contributed by atoms with Crippen molar-refractivity contribution in [2.24, 2.45) is 16.6 Å². The van der Waals surface area contributed by atoms with Gasteiger partial charge in [-0.05, 0) is 25.2 Å². The largest absolute Gasteiger partial charge is 0.387 e. The number of ether oxygens (including phenoxy) is 1. The van der Waals surface area contributed by atoms with Crippen molar-refractivity contribution in [3.8, 4) is 0 Å². The number of hydrogen-bond acceptors (Lipinski definition) is 3. The molecular weight excluding hydrogens is 152 g/mol. The molecule has 2 N–H and O–H groups in total. The van der Waals surface area contributed by atoms with E-state index in [0.29, 0.717) is 6.04 Å². The van der Waals surface area contributed by atoms with Gasteiger partial charge in [-0.15, -0.1) is 0 Å². The lowest BCUT2D eigenvalue weighted by molar-refractivity contribution is 0.0589.